The number of benzene rings is 1. The average molecular weight is 494 g/mol. The molecule has 0 bridgehead atoms. The van der Waals surface area contributed by atoms with E-state index in [4.69, 9.17) is 10.1 Å². The SMILES string of the molecule is C=C(/C=C\C=C/C)N(CCCn1nc(-c2ccc(F)c(C)c2)nc1C1CCC(C)CC1)CCNC=O. The molecule has 1 aromatic heterocycles. The summed E-state index contributed by atoms with van der Waals surface area (Å²) in [5.41, 5.74) is 2.35. The van der Waals surface area contributed by atoms with Crippen LogP contribution in [0.1, 0.15) is 63.3 Å². The van der Waals surface area contributed by atoms with Gasteiger partial charge in [0.15, 0.2) is 5.82 Å². The first-order chi connectivity index (χ1) is 17.4. The van der Waals surface area contributed by atoms with Crippen molar-refractivity contribution >= 4 is 6.41 Å². The Hall–Kier alpha value is -3.22. The van der Waals surface area contributed by atoms with Crippen LogP contribution in [0.5, 0.6) is 0 Å². The summed E-state index contributed by atoms with van der Waals surface area (Å²) in [6.45, 7) is 13.0. The number of hydrogen-bond acceptors (Lipinski definition) is 4. The van der Waals surface area contributed by atoms with E-state index in [0.29, 0.717) is 30.4 Å². The largest absolute Gasteiger partial charge is 0.370 e. The number of hydrogen-bond donors (Lipinski definition) is 1. The Bertz CT molecular complexity index is 1070. The van der Waals surface area contributed by atoms with Crippen LogP contribution in [0.25, 0.3) is 11.4 Å². The number of halogens is 1. The molecule has 1 saturated carbocycles. The number of allylic oxidation sites excluding steroid dienone is 4. The van der Waals surface area contributed by atoms with Crippen LogP contribution in [-0.2, 0) is 11.3 Å². The molecule has 0 unspecified atom stereocenters. The van der Waals surface area contributed by atoms with Gasteiger partial charge in [-0.15, -0.1) is 0 Å². The maximum absolute atomic E-state index is 13.9. The highest BCUT2D eigenvalue weighted by Crippen LogP contribution is 2.35. The fourth-order valence-corrected chi connectivity index (χ4v) is 4.70. The molecule has 1 aliphatic rings. The minimum absolute atomic E-state index is 0.215. The molecule has 0 radical (unpaired) electrons. The Balaban J connectivity index is 1.77. The maximum atomic E-state index is 13.9. The molecule has 1 fully saturated rings. The lowest BCUT2D eigenvalue weighted by molar-refractivity contribution is -0.109. The van der Waals surface area contributed by atoms with Gasteiger partial charge in [-0.1, -0.05) is 44.6 Å². The monoisotopic (exact) mass is 493 g/mol. The summed E-state index contributed by atoms with van der Waals surface area (Å²) in [5, 5.41) is 7.62. The summed E-state index contributed by atoms with van der Waals surface area (Å²) in [5.74, 6) is 2.65. The quantitative estimate of drug-likeness (QED) is 0.219. The van der Waals surface area contributed by atoms with E-state index in [1.807, 2.05) is 37.3 Å². The Morgan fingerprint density at radius 1 is 1.25 bits per heavy atom. The van der Waals surface area contributed by atoms with Crippen LogP contribution in [0, 0.1) is 18.7 Å². The van der Waals surface area contributed by atoms with Crippen LogP contribution in [0.4, 0.5) is 4.39 Å². The van der Waals surface area contributed by atoms with Crippen molar-refractivity contribution in [1.29, 1.82) is 0 Å². The number of aryl methyl sites for hydroxylation is 2. The zero-order valence-corrected chi connectivity index (χ0v) is 21.9. The smallest absolute Gasteiger partial charge is 0.207 e. The van der Waals surface area contributed by atoms with Gasteiger partial charge in [-0.25, -0.2) is 14.1 Å². The second-order valence-corrected chi connectivity index (χ2v) is 9.73. The van der Waals surface area contributed by atoms with E-state index in [0.717, 1.165) is 61.8 Å². The molecule has 7 heteroatoms. The van der Waals surface area contributed by atoms with Crippen LogP contribution < -0.4 is 5.32 Å². The molecule has 1 aromatic carbocycles. The van der Waals surface area contributed by atoms with E-state index in [2.05, 4.69) is 28.4 Å². The Morgan fingerprint density at radius 3 is 2.72 bits per heavy atom. The van der Waals surface area contributed by atoms with E-state index in [1.54, 1.807) is 13.0 Å². The normalized spacial score (nSPS) is 18.1. The highest BCUT2D eigenvalue weighted by atomic mass is 19.1. The van der Waals surface area contributed by atoms with Crippen molar-refractivity contribution in [3.05, 3.63) is 72.0 Å². The molecule has 0 aliphatic heterocycles. The lowest BCUT2D eigenvalue weighted by Crippen LogP contribution is -2.32. The Labute approximate surface area is 215 Å². The molecule has 0 atom stereocenters. The van der Waals surface area contributed by atoms with Gasteiger partial charge in [0.25, 0.3) is 0 Å². The second-order valence-electron chi connectivity index (χ2n) is 9.73. The van der Waals surface area contributed by atoms with Gasteiger partial charge in [0.2, 0.25) is 6.41 Å². The van der Waals surface area contributed by atoms with Gasteiger partial charge in [-0.05, 0) is 68.9 Å². The Morgan fingerprint density at radius 2 is 2.03 bits per heavy atom. The van der Waals surface area contributed by atoms with E-state index in [-0.39, 0.29) is 5.82 Å². The molecule has 2 aromatic rings. The van der Waals surface area contributed by atoms with Crippen LogP contribution in [0.15, 0.2) is 54.8 Å². The first kappa shape index (κ1) is 27.4. The summed E-state index contributed by atoms with van der Waals surface area (Å²) in [7, 11) is 0. The van der Waals surface area contributed by atoms with Crippen molar-refractivity contribution in [2.45, 2.75) is 65.3 Å². The summed E-state index contributed by atoms with van der Waals surface area (Å²) >= 11 is 0. The van der Waals surface area contributed by atoms with Crippen molar-refractivity contribution < 1.29 is 9.18 Å². The van der Waals surface area contributed by atoms with Gasteiger partial charge < -0.3 is 10.2 Å². The first-order valence-electron chi connectivity index (χ1n) is 13.0. The zero-order valence-electron chi connectivity index (χ0n) is 21.9. The third-order valence-corrected chi connectivity index (χ3v) is 6.90. The van der Waals surface area contributed by atoms with Crippen molar-refractivity contribution in [1.82, 2.24) is 25.0 Å². The minimum Gasteiger partial charge on any atom is -0.370 e. The predicted octanol–water partition coefficient (Wildman–Crippen LogP) is 5.77. The molecular weight excluding hydrogens is 453 g/mol. The number of rotatable bonds is 13. The average Bonchev–Trinajstić information content (AvgIpc) is 3.29. The summed E-state index contributed by atoms with van der Waals surface area (Å²) < 4.78 is 15.9. The fraction of sp³-hybridized carbons (Fsp3) is 0.483. The molecule has 1 N–H and O–H groups in total. The van der Waals surface area contributed by atoms with Crippen molar-refractivity contribution in [2.75, 3.05) is 19.6 Å². The van der Waals surface area contributed by atoms with Gasteiger partial charge in [0.05, 0.1) is 0 Å². The number of nitrogens with zero attached hydrogens (tertiary/aromatic N) is 4. The third-order valence-electron chi connectivity index (χ3n) is 6.90. The molecule has 6 nitrogen and oxygen atoms in total. The van der Waals surface area contributed by atoms with E-state index < -0.39 is 0 Å². The van der Waals surface area contributed by atoms with Crippen LogP contribution >= 0.6 is 0 Å². The first-order valence-corrected chi connectivity index (χ1v) is 13.0. The maximum Gasteiger partial charge on any atom is 0.207 e. The van der Waals surface area contributed by atoms with Crippen LogP contribution in [0.3, 0.4) is 0 Å². The standard InChI is InChI=1S/C29H40FN5O/c1-5-6-7-9-24(4)34(19-16-31-21-36)17-8-18-35-29(25-12-10-22(2)11-13-25)32-28(33-35)26-14-15-27(30)23(3)20-26/h5-7,9,14-15,20-22,25H,4,8,10-13,16-19H2,1-3H3,(H,31,36)/b6-5-,9-7-. The molecule has 0 saturated heterocycles. The van der Waals surface area contributed by atoms with E-state index in [9.17, 15) is 9.18 Å². The number of carbonyl (C=O) groups excluding carboxylic acids is 1. The molecule has 36 heavy (non-hydrogen) atoms. The fourth-order valence-electron chi connectivity index (χ4n) is 4.70. The van der Waals surface area contributed by atoms with Crippen LogP contribution in [-0.4, -0.2) is 45.7 Å². The van der Waals surface area contributed by atoms with Crippen molar-refractivity contribution in [3.63, 3.8) is 0 Å². The third kappa shape index (κ3) is 7.64. The second kappa shape index (κ2) is 13.8. The summed E-state index contributed by atoms with van der Waals surface area (Å²) in [6, 6.07) is 5.08. The van der Waals surface area contributed by atoms with Gasteiger partial charge >= 0.3 is 0 Å². The summed E-state index contributed by atoms with van der Waals surface area (Å²) in [6.07, 6.45) is 14.1. The molecule has 194 valence electrons. The van der Waals surface area contributed by atoms with Gasteiger partial charge in [0, 0.05) is 43.4 Å². The molecule has 1 amide bonds. The molecule has 0 spiro atoms. The van der Waals surface area contributed by atoms with Gasteiger partial charge in [-0.2, -0.15) is 5.10 Å². The Kier molecular flexibility index (Phi) is 10.5. The molecular formula is C29H40FN5O. The van der Waals surface area contributed by atoms with Crippen LogP contribution in [0.2, 0.25) is 0 Å². The number of carbonyl (C=O) groups is 1. The zero-order chi connectivity index (χ0) is 25.9. The molecule has 3 rings (SSSR count). The number of nitrogens with one attached hydrogen (secondary N) is 1. The topological polar surface area (TPSA) is 63.1 Å². The highest BCUT2D eigenvalue weighted by molar-refractivity contribution is 5.56. The number of amides is 1. The predicted molar refractivity (Wildman–Crippen MR) is 144 cm³/mol. The molecule has 1 heterocycles. The van der Waals surface area contributed by atoms with E-state index >= 15 is 0 Å². The van der Waals surface area contributed by atoms with Crippen molar-refractivity contribution in [3.8, 4) is 11.4 Å². The molecule has 1 aliphatic carbocycles. The number of aromatic nitrogens is 3. The lowest BCUT2D eigenvalue weighted by atomic mass is 9.82. The van der Waals surface area contributed by atoms with Gasteiger partial charge in [0.1, 0.15) is 11.6 Å². The lowest BCUT2D eigenvalue weighted by Gasteiger charge is -2.27. The van der Waals surface area contributed by atoms with Gasteiger partial charge in [-0.3, -0.25) is 4.79 Å². The minimum atomic E-state index is -0.215. The summed E-state index contributed by atoms with van der Waals surface area (Å²) in [4.78, 5) is 17.9. The highest BCUT2D eigenvalue weighted by Gasteiger charge is 2.25. The van der Waals surface area contributed by atoms with E-state index in [1.165, 1.54) is 18.9 Å². The van der Waals surface area contributed by atoms with Crippen molar-refractivity contribution in [2.24, 2.45) is 5.92 Å².